The molecule has 28 heavy (non-hydrogen) atoms. The van der Waals surface area contributed by atoms with E-state index >= 15 is 0 Å². The minimum absolute atomic E-state index is 0.228. The first-order valence-corrected chi connectivity index (χ1v) is 10.4. The second-order valence-electron chi connectivity index (χ2n) is 7.27. The van der Waals surface area contributed by atoms with Gasteiger partial charge in [0.05, 0.1) is 4.90 Å². The van der Waals surface area contributed by atoms with E-state index in [9.17, 15) is 27.2 Å². The zero-order chi connectivity index (χ0) is 21.1. The molecule has 1 aliphatic rings. The van der Waals surface area contributed by atoms with Gasteiger partial charge in [-0.1, -0.05) is 20.8 Å². The molecule has 10 heteroatoms. The molecule has 8 nitrogen and oxygen atoms in total. The molecule has 2 N–H and O–H groups in total. The predicted octanol–water partition coefficient (Wildman–Crippen LogP) is 1.13. The van der Waals surface area contributed by atoms with Crippen LogP contribution in [0.25, 0.3) is 0 Å². The van der Waals surface area contributed by atoms with Crippen LogP contribution in [-0.2, 0) is 24.4 Å². The number of hydrazine groups is 1. The van der Waals surface area contributed by atoms with Crippen LogP contribution >= 0.6 is 0 Å². The molecule has 0 aromatic heterocycles. The van der Waals surface area contributed by atoms with Crippen LogP contribution < -0.4 is 10.3 Å². The number of benzene rings is 1. The Hall–Kier alpha value is -2.33. The van der Waals surface area contributed by atoms with Crippen molar-refractivity contribution in [1.82, 2.24) is 15.2 Å². The van der Waals surface area contributed by atoms with Gasteiger partial charge in [-0.2, -0.15) is 0 Å². The van der Waals surface area contributed by atoms with Crippen molar-refractivity contribution in [2.45, 2.75) is 51.0 Å². The molecule has 0 saturated carbocycles. The van der Waals surface area contributed by atoms with Gasteiger partial charge >= 0.3 is 0 Å². The van der Waals surface area contributed by atoms with Crippen LogP contribution in [0.4, 0.5) is 4.39 Å². The number of nitrogens with one attached hydrogen (secondary N) is 2. The lowest BCUT2D eigenvalue weighted by Gasteiger charge is -2.27. The minimum atomic E-state index is -4.10. The van der Waals surface area contributed by atoms with E-state index in [0.29, 0.717) is 19.3 Å². The Morgan fingerprint density at radius 2 is 1.82 bits per heavy atom. The second kappa shape index (κ2) is 8.36. The number of carbonyl (C=O) groups excluding carboxylic acids is 3. The summed E-state index contributed by atoms with van der Waals surface area (Å²) in [5.74, 6) is -2.66. The molecule has 1 heterocycles. The molecule has 2 rings (SSSR count). The maximum atomic E-state index is 12.9. The molecule has 1 saturated heterocycles. The standard InChI is InChI=1S/C18H24FN3O5S/c1-4-18(2,3)15(23)17(25)22-11-5-6-14(22)16(24)20-21-28(26,27)13-9-7-12(19)8-10-13/h7-10,14,21H,4-6,11H2,1-3H3,(H,20,24). The van der Waals surface area contributed by atoms with Gasteiger partial charge in [-0.15, -0.1) is 4.83 Å². The summed E-state index contributed by atoms with van der Waals surface area (Å²) in [7, 11) is -4.10. The van der Waals surface area contributed by atoms with Crippen LogP contribution in [0.2, 0.25) is 0 Å². The van der Waals surface area contributed by atoms with E-state index in [4.69, 9.17) is 0 Å². The summed E-state index contributed by atoms with van der Waals surface area (Å²) in [4.78, 5) is 40.3. The predicted molar refractivity (Wildman–Crippen MR) is 98.7 cm³/mol. The van der Waals surface area contributed by atoms with E-state index in [0.717, 1.165) is 24.3 Å². The highest BCUT2D eigenvalue weighted by Crippen LogP contribution is 2.25. The van der Waals surface area contributed by atoms with Crippen molar-refractivity contribution < 1.29 is 27.2 Å². The summed E-state index contributed by atoms with van der Waals surface area (Å²) in [5, 5.41) is 0. The summed E-state index contributed by atoms with van der Waals surface area (Å²) in [6.07, 6.45) is 1.31. The molecule has 1 atom stereocenters. The minimum Gasteiger partial charge on any atom is -0.324 e. The van der Waals surface area contributed by atoms with Crippen LogP contribution in [0.3, 0.4) is 0 Å². The van der Waals surface area contributed by atoms with E-state index < -0.39 is 44.9 Å². The molecule has 154 valence electrons. The van der Waals surface area contributed by atoms with Gasteiger partial charge in [-0.05, 0) is 43.5 Å². The van der Waals surface area contributed by atoms with Crippen LogP contribution in [-0.4, -0.2) is 43.5 Å². The Bertz CT molecular complexity index is 868. The number of halogens is 1. The second-order valence-corrected chi connectivity index (χ2v) is 8.95. The third kappa shape index (κ3) is 4.74. The van der Waals surface area contributed by atoms with Crippen LogP contribution in [0.5, 0.6) is 0 Å². The molecular formula is C18H24FN3O5S. The third-order valence-corrected chi connectivity index (χ3v) is 6.21. The number of likely N-dealkylation sites (tertiary alicyclic amines) is 1. The number of hydrogen-bond acceptors (Lipinski definition) is 5. The summed E-state index contributed by atoms with van der Waals surface area (Å²) in [5.41, 5.74) is 1.24. The Kier molecular flexibility index (Phi) is 6.56. The van der Waals surface area contributed by atoms with Crippen molar-refractivity contribution in [3.63, 3.8) is 0 Å². The number of Topliss-reactive ketones (excluding diaryl/α,β-unsaturated/α-hetero) is 1. The van der Waals surface area contributed by atoms with Gasteiger partial charge in [-0.25, -0.2) is 12.8 Å². The van der Waals surface area contributed by atoms with Crippen molar-refractivity contribution in [2.24, 2.45) is 5.41 Å². The molecule has 1 unspecified atom stereocenters. The first-order chi connectivity index (χ1) is 13.0. The number of nitrogens with zero attached hydrogens (tertiary/aromatic N) is 1. The Morgan fingerprint density at radius 1 is 1.21 bits per heavy atom. The number of sulfonamides is 1. The molecular weight excluding hydrogens is 389 g/mol. The molecule has 0 bridgehead atoms. The largest absolute Gasteiger partial charge is 0.324 e. The van der Waals surface area contributed by atoms with Crippen molar-refractivity contribution in [1.29, 1.82) is 0 Å². The maximum absolute atomic E-state index is 12.9. The maximum Gasteiger partial charge on any atom is 0.291 e. The first-order valence-electron chi connectivity index (χ1n) is 8.92. The quantitative estimate of drug-likeness (QED) is 0.514. The van der Waals surface area contributed by atoms with Crippen molar-refractivity contribution in [3.8, 4) is 0 Å². The lowest BCUT2D eigenvalue weighted by molar-refractivity contribution is -0.151. The molecule has 2 amide bonds. The van der Waals surface area contributed by atoms with Gasteiger partial charge in [0.15, 0.2) is 0 Å². The fourth-order valence-electron chi connectivity index (χ4n) is 2.74. The van der Waals surface area contributed by atoms with Gasteiger partial charge in [-0.3, -0.25) is 19.8 Å². The zero-order valence-corrected chi connectivity index (χ0v) is 16.8. The summed E-state index contributed by atoms with van der Waals surface area (Å²) < 4.78 is 37.3. The van der Waals surface area contributed by atoms with E-state index in [1.54, 1.807) is 20.8 Å². The highest BCUT2D eigenvalue weighted by atomic mass is 32.2. The normalized spacial score (nSPS) is 17.4. The highest BCUT2D eigenvalue weighted by molar-refractivity contribution is 7.89. The lowest BCUT2D eigenvalue weighted by atomic mass is 9.84. The Morgan fingerprint density at radius 3 is 2.39 bits per heavy atom. The smallest absolute Gasteiger partial charge is 0.291 e. The van der Waals surface area contributed by atoms with E-state index in [1.165, 1.54) is 4.90 Å². The summed E-state index contributed by atoms with van der Waals surface area (Å²) in [6, 6.07) is 3.13. The van der Waals surface area contributed by atoms with E-state index in [2.05, 4.69) is 5.43 Å². The molecule has 0 aliphatic carbocycles. The van der Waals surface area contributed by atoms with Gasteiger partial charge in [0, 0.05) is 12.0 Å². The monoisotopic (exact) mass is 413 g/mol. The van der Waals surface area contributed by atoms with Gasteiger partial charge in [0.2, 0.25) is 5.78 Å². The molecule has 1 aromatic rings. The number of carbonyl (C=O) groups is 3. The number of ketones is 1. The fraction of sp³-hybridized carbons (Fsp3) is 0.500. The van der Waals surface area contributed by atoms with Crippen molar-refractivity contribution >= 4 is 27.6 Å². The zero-order valence-electron chi connectivity index (χ0n) is 16.0. The third-order valence-electron chi connectivity index (χ3n) is 4.94. The van der Waals surface area contributed by atoms with Crippen LogP contribution in [0.15, 0.2) is 29.2 Å². The fourth-order valence-corrected chi connectivity index (χ4v) is 3.58. The molecule has 0 spiro atoms. The van der Waals surface area contributed by atoms with Crippen molar-refractivity contribution in [3.05, 3.63) is 30.1 Å². The summed E-state index contributed by atoms with van der Waals surface area (Å²) in [6.45, 7) is 5.36. The average molecular weight is 413 g/mol. The van der Waals surface area contributed by atoms with Gasteiger partial charge < -0.3 is 4.90 Å². The SMILES string of the molecule is CCC(C)(C)C(=O)C(=O)N1CCCC1C(=O)NNS(=O)(=O)c1ccc(F)cc1. The number of amides is 2. The van der Waals surface area contributed by atoms with Gasteiger partial charge in [0.25, 0.3) is 21.8 Å². The topological polar surface area (TPSA) is 113 Å². The highest BCUT2D eigenvalue weighted by Gasteiger charge is 2.41. The van der Waals surface area contributed by atoms with E-state index in [1.807, 2.05) is 4.83 Å². The molecule has 1 aromatic carbocycles. The molecule has 0 radical (unpaired) electrons. The van der Waals surface area contributed by atoms with Crippen LogP contribution in [0, 0.1) is 11.2 Å². The molecule has 1 aliphatic heterocycles. The van der Waals surface area contributed by atoms with E-state index in [-0.39, 0.29) is 11.4 Å². The van der Waals surface area contributed by atoms with Gasteiger partial charge in [0.1, 0.15) is 11.9 Å². The Balaban J connectivity index is 2.06. The first kappa shape index (κ1) is 22.0. The average Bonchev–Trinajstić information content (AvgIpc) is 3.15. The van der Waals surface area contributed by atoms with Crippen LogP contribution in [0.1, 0.15) is 40.0 Å². The molecule has 1 fully saturated rings. The summed E-state index contributed by atoms with van der Waals surface area (Å²) >= 11 is 0. The number of rotatable bonds is 7. The lowest BCUT2D eigenvalue weighted by Crippen LogP contribution is -2.53. The Labute approximate surface area is 163 Å². The van der Waals surface area contributed by atoms with Crippen molar-refractivity contribution in [2.75, 3.05) is 6.54 Å². The number of hydrogen-bond donors (Lipinski definition) is 2.